The first-order valence-corrected chi connectivity index (χ1v) is 7.86. The summed E-state index contributed by atoms with van der Waals surface area (Å²) in [6, 6.07) is 4.07. The normalized spacial score (nSPS) is 18.8. The zero-order valence-electron chi connectivity index (χ0n) is 10.8. The highest BCUT2D eigenvalue weighted by atomic mass is 32.1. The summed E-state index contributed by atoms with van der Waals surface area (Å²) in [5.74, 6) is -0.914. The van der Waals surface area contributed by atoms with Gasteiger partial charge in [-0.25, -0.2) is 4.98 Å². The number of thiazole rings is 1. The van der Waals surface area contributed by atoms with Crippen molar-refractivity contribution in [2.45, 2.75) is 13.3 Å². The summed E-state index contributed by atoms with van der Waals surface area (Å²) in [4.78, 5) is 31.5. The minimum atomic E-state index is -0.425. The van der Waals surface area contributed by atoms with E-state index < -0.39 is 11.8 Å². The minimum absolute atomic E-state index is 0.0861. The molecule has 7 heteroatoms. The second kappa shape index (κ2) is 4.99. The molecule has 2 N–H and O–H groups in total. The fourth-order valence-corrected chi connectivity index (χ4v) is 3.91. The van der Waals surface area contributed by atoms with Gasteiger partial charge in [0.15, 0.2) is 5.13 Å². The Balaban J connectivity index is 1.84. The van der Waals surface area contributed by atoms with Gasteiger partial charge < -0.3 is 5.73 Å². The van der Waals surface area contributed by atoms with Crippen LogP contribution in [0.2, 0.25) is 0 Å². The molecule has 3 rings (SSSR count). The van der Waals surface area contributed by atoms with E-state index >= 15 is 0 Å². The molecule has 0 bridgehead atoms. The summed E-state index contributed by atoms with van der Waals surface area (Å²) >= 11 is 3.09. The molecule has 0 aromatic carbocycles. The van der Waals surface area contributed by atoms with E-state index in [-0.39, 0.29) is 12.3 Å². The summed E-state index contributed by atoms with van der Waals surface area (Å²) < 4.78 is 0. The monoisotopic (exact) mass is 307 g/mol. The standard InChI is InChI=1S/C13H13N3O2S2/c1-7-2-3-10(20-7)9-6-19-13(15-9)16-5-8(12(14)18)4-11(16)17/h2-3,6,8H,4-5H2,1H3,(H2,14,18). The Kier molecular flexibility index (Phi) is 3.31. The molecule has 1 atom stereocenters. The lowest BCUT2D eigenvalue weighted by Gasteiger charge is -2.11. The summed E-state index contributed by atoms with van der Waals surface area (Å²) in [5.41, 5.74) is 6.14. The molecule has 5 nitrogen and oxygen atoms in total. The third-order valence-electron chi connectivity index (χ3n) is 3.24. The smallest absolute Gasteiger partial charge is 0.229 e. The average molecular weight is 307 g/mol. The van der Waals surface area contributed by atoms with Crippen LogP contribution in [0.1, 0.15) is 11.3 Å². The highest BCUT2D eigenvalue weighted by molar-refractivity contribution is 7.17. The molecule has 20 heavy (non-hydrogen) atoms. The Morgan fingerprint density at radius 1 is 1.50 bits per heavy atom. The van der Waals surface area contributed by atoms with Crippen molar-refractivity contribution in [3.63, 3.8) is 0 Å². The zero-order valence-corrected chi connectivity index (χ0v) is 12.5. The van der Waals surface area contributed by atoms with Gasteiger partial charge in [0.2, 0.25) is 11.8 Å². The van der Waals surface area contributed by atoms with Gasteiger partial charge in [-0.15, -0.1) is 22.7 Å². The number of rotatable bonds is 3. The molecule has 2 amide bonds. The number of carbonyl (C=O) groups is 2. The number of nitrogens with zero attached hydrogens (tertiary/aromatic N) is 2. The first-order chi connectivity index (χ1) is 9.54. The van der Waals surface area contributed by atoms with E-state index in [0.717, 1.165) is 10.6 Å². The Labute approximate surface area is 124 Å². The Morgan fingerprint density at radius 3 is 2.90 bits per heavy atom. The van der Waals surface area contributed by atoms with Gasteiger partial charge in [-0.3, -0.25) is 14.5 Å². The first-order valence-electron chi connectivity index (χ1n) is 6.16. The van der Waals surface area contributed by atoms with Crippen LogP contribution in [0.25, 0.3) is 10.6 Å². The zero-order chi connectivity index (χ0) is 14.3. The van der Waals surface area contributed by atoms with Crippen molar-refractivity contribution in [2.75, 3.05) is 11.4 Å². The van der Waals surface area contributed by atoms with Crippen molar-refractivity contribution in [1.29, 1.82) is 0 Å². The lowest BCUT2D eigenvalue weighted by Crippen LogP contribution is -2.28. The third-order valence-corrected chi connectivity index (χ3v) is 5.13. The fraction of sp³-hybridized carbons (Fsp3) is 0.308. The Bertz CT molecular complexity index is 677. The number of thiophene rings is 1. The summed E-state index contributed by atoms with van der Waals surface area (Å²) in [5, 5.41) is 2.57. The molecule has 1 fully saturated rings. The Morgan fingerprint density at radius 2 is 2.30 bits per heavy atom. The van der Waals surface area contributed by atoms with Gasteiger partial charge in [-0.1, -0.05) is 0 Å². The van der Waals surface area contributed by atoms with Crippen LogP contribution < -0.4 is 10.6 Å². The number of primary amides is 1. The number of carbonyl (C=O) groups excluding carboxylic acids is 2. The molecule has 1 aliphatic rings. The van der Waals surface area contributed by atoms with Crippen molar-refractivity contribution in [1.82, 2.24) is 4.98 Å². The number of amides is 2. The van der Waals surface area contributed by atoms with Crippen LogP contribution in [0.5, 0.6) is 0 Å². The van der Waals surface area contributed by atoms with Crippen molar-refractivity contribution < 1.29 is 9.59 Å². The highest BCUT2D eigenvalue weighted by Crippen LogP contribution is 2.34. The van der Waals surface area contributed by atoms with Gasteiger partial charge >= 0.3 is 0 Å². The summed E-state index contributed by atoms with van der Waals surface area (Å²) in [6.07, 6.45) is 0.183. The van der Waals surface area contributed by atoms with Gasteiger partial charge in [0.25, 0.3) is 0 Å². The van der Waals surface area contributed by atoms with E-state index in [2.05, 4.69) is 4.98 Å². The van der Waals surface area contributed by atoms with E-state index in [1.807, 2.05) is 24.4 Å². The second-order valence-electron chi connectivity index (χ2n) is 4.73. The number of aromatic nitrogens is 1. The largest absolute Gasteiger partial charge is 0.369 e. The molecule has 0 aliphatic carbocycles. The predicted octanol–water partition coefficient (Wildman–Crippen LogP) is 2.02. The summed E-state index contributed by atoms with van der Waals surface area (Å²) in [6.45, 7) is 2.38. The molecule has 2 aromatic heterocycles. The predicted molar refractivity (Wildman–Crippen MR) is 79.8 cm³/mol. The third kappa shape index (κ3) is 2.34. The molecule has 1 saturated heterocycles. The van der Waals surface area contributed by atoms with E-state index in [0.29, 0.717) is 11.7 Å². The molecular weight excluding hydrogens is 294 g/mol. The van der Waals surface area contributed by atoms with Crippen LogP contribution in [0.3, 0.4) is 0 Å². The number of hydrogen-bond donors (Lipinski definition) is 1. The van der Waals surface area contributed by atoms with Crippen LogP contribution >= 0.6 is 22.7 Å². The molecule has 0 radical (unpaired) electrons. The SMILES string of the molecule is Cc1ccc(-c2csc(N3CC(C(N)=O)CC3=O)n2)s1. The van der Waals surface area contributed by atoms with Crippen LogP contribution in [-0.2, 0) is 9.59 Å². The van der Waals surface area contributed by atoms with E-state index in [9.17, 15) is 9.59 Å². The van der Waals surface area contributed by atoms with Crippen LogP contribution in [0.15, 0.2) is 17.5 Å². The van der Waals surface area contributed by atoms with Crippen LogP contribution in [-0.4, -0.2) is 23.3 Å². The lowest BCUT2D eigenvalue weighted by molar-refractivity contribution is -0.123. The number of hydrogen-bond acceptors (Lipinski definition) is 5. The maximum Gasteiger partial charge on any atom is 0.229 e. The number of anilines is 1. The summed E-state index contributed by atoms with van der Waals surface area (Å²) in [7, 11) is 0. The first kappa shape index (κ1) is 13.3. The molecule has 0 spiro atoms. The number of aryl methyl sites for hydroxylation is 1. The molecular formula is C13H13N3O2S2. The van der Waals surface area contributed by atoms with E-state index in [1.54, 1.807) is 16.2 Å². The maximum atomic E-state index is 11.9. The van der Waals surface area contributed by atoms with Crippen LogP contribution in [0.4, 0.5) is 5.13 Å². The average Bonchev–Trinajstić information content (AvgIpc) is 3.07. The lowest BCUT2D eigenvalue weighted by atomic mass is 10.1. The van der Waals surface area contributed by atoms with E-state index in [4.69, 9.17) is 5.73 Å². The Hall–Kier alpha value is -1.73. The van der Waals surface area contributed by atoms with Crippen molar-refractivity contribution in [3.05, 3.63) is 22.4 Å². The fourth-order valence-electron chi connectivity index (χ4n) is 2.16. The molecule has 0 saturated carbocycles. The number of nitrogens with two attached hydrogens (primary N) is 1. The van der Waals surface area contributed by atoms with Crippen molar-refractivity contribution in [3.8, 4) is 10.6 Å². The van der Waals surface area contributed by atoms with Gasteiger partial charge in [0, 0.05) is 23.2 Å². The van der Waals surface area contributed by atoms with Gasteiger partial charge in [-0.2, -0.15) is 0 Å². The minimum Gasteiger partial charge on any atom is -0.369 e. The topological polar surface area (TPSA) is 76.3 Å². The molecule has 1 aliphatic heterocycles. The van der Waals surface area contributed by atoms with Gasteiger partial charge in [0.05, 0.1) is 16.5 Å². The van der Waals surface area contributed by atoms with Gasteiger partial charge in [0.1, 0.15) is 0 Å². The molecule has 104 valence electrons. The molecule has 2 aromatic rings. The molecule has 1 unspecified atom stereocenters. The van der Waals surface area contributed by atoms with E-state index in [1.165, 1.54) is 16.2 Å². The highest BCUT2D eigenvalue weighted by Gasteiger charge is 2.35. The quantitative estimate of drug-likeness (QED) is 0.942. The van der Waals surface area contributed by atoms with Crippen molar-refractivity contribution >= 4 is 39.6 Å². The van der Waals surface area contributed by atoms with Gasteiger partial charge in [-0.05, 0) is 19.1 Å². The molecule has 3 heterocycles. The van der Waals surface area contributed by atoms with Crippen LogP contribution in [0, 0.1) is 12.8 Å². The van der Waals surface area contributed by atoms with Crippen molar-refractivity contribution in [2.24, 2.45) is 11.7 Å². The second-order valence-corrected chi connectivity index (χ2v) is 6.86. The maximum absolute atomic E-state index is 11.9.